The van der Waals surface area contributed by atoms with Gasteiger partial charge in [0.15, 0.2) is 0 Å². The summed E-state index contributed by atoms with van der Waals surface area (Å²) in [5.41, 5.74) is 5.28. The molecular formula is C27H33N3O2S. The van der Waals surface area contributed by atoms with E-state index in [1.807, 2.05) is 38.1 Å². The molecule has 0 saturated heterocycles. The number of benzene rings is 2. The number of rotatable bonds is 10. The Labute approximate surface area is 201 Å². The smallest absolute Gasteiger partial charge is 0.229 e. The average Bonchev–Trinajstić information content (AvgIpc) is 3.32. The van der Waals surface area contributed by atoms with Crippen LogP contribution in [0.1, 0.15) is 57.1 Å². The highest BCUT2D eigenvalue weighted by atomic mass is 32.2. The molecule has 0 spiro atoms. The number of thioether (sulfide) groups is 1. The second-order valence-corrected chi connectivity index (χ2v) is 9.27. The molecular weight excluding hydrogens is 430 g/mol. The van der Waals surface area contributed by atoms with Crippen LogP contribution < -0.4 is 4.74 Å². The number of aromatic nitrogens is 2. The zero-order valence-corrected chi connectivity index (χ0v) is 21.2. The first-order chi connectivity index (χ1) is 15.8. The average molecular weight is 464 g/mol. The van der Waals surface area contributed by atoms with E-state index in [0.717, 1.165) is 29.0 Å². The van der Waals surface area contributed by atoms with Gasteiger partial charge in [-0.15, -0.1) is 11.8 Å². The van der Waals surface area contributed by atoms with E-state index in [1.54, 1.807) is 11.8 Å². The monoisotopic (exact) mass is 463 g/mol. The molecule has 3 aromatic rings. The molecule has 1 unspecified atom stereocenters. The van der Waals surface area contributed by atoms with E-state index in [2.05, 4.69) is 61.9 Å². The number of hydrogen-bond acceptors (Lipinski definition) is 6. The SMILES string of the molecule is C=C(CN=C(C)c1ccc(SC)cc1C)C(CC)Oc1ccc(-c2noc(C(C)C)n2)cc1. The molecule has 0 radical (unpaired) electrons. The summed E-state index contributed by atoms with van der Waals surface area (Å²) >= 11 is 1.75. The lowest BCUT2D eigenvalue weighted by Crippen LogP contribution is -2.20. The first kappa shape index (κ1) is 24.8. The van der Waals surface area contributed by atoms with E-state index in [9.17, 15) is 0 Å². The second kappa shape index (κ2) is 11.3. The molecule has 1 aromatic heterocycles. The van der Waals surface area contributed by atoms with Crippen LogP contribution >= 0.6 is 11.8 Å². The van der Waals surface area contributed by atoms with Gasteiger partial charge in [-0.1, -0.05) is 38.6 Å². The number of aryl methyl sites for hydroxylation is 1. The first-order valence-electron chi connectivity index (χ1n) is 11.3. The van der Waals surface area contributed by atoms with Crippen LogP contribution in [0.15, 0.2) is 69.0 Å². The molecule has 1 atom stereocenters. The highest BCUT2D eigenvalue weighted by Crippen LogP contribution is 2.24. The number of hydrogen-bond donors (Lipinski definition) is 0. The fourth-order valence-corrected chi connectivity index (χ4v) is 3.96. The molecule has 3 rings (SSSR count). The van der Waals surface area contributed by atoms with Crippen LogP contribution in [0.25, 0.3) is 11.4 Å². The van der Waals surface area contributed by atoms with Crippen LogP contribution in [0.3, 0.4) is 0 Å². The van der Waals surface area contributed by atoms with Crippen LogP contribution in [-0.2, 0) is 0 Å². The van der Waals surface area contributed by atoms with Crippen LogP contribution in [0.2, 0.25) is 0 Å². The predicted octanol–water partition coefficient (Wildman–Crippen LogP) is 7.11. The molecule has 174 valence electrons. The Balaban J connectivity index is 1.64. The Morgan fingerprint density at radius 1 is 1.18 bits per heavy atom. The standard InChI is InChI=1S/C27H33N3O2S/c1-8-25(19(5)16-28-20(6)24-14-13-23(33-7)15-18(24)4)31-22-11-9-21(10-12-22)26-29-27(17(2)3)32-30-26/h9-15,17,25H,5,8,16H2,1-4,6-7H3. The van der Waals surface area contributed by atoms with Gasteiger partial charge in [0.1, 0.15) is 11.9 Å². The van der Waals surface area contributed by atoms with Crippen molar-refractivity contribution in [3.8, 4) is 17.1 Å². The Kier molecular flexibility index (Phi) is 8.50. The van der Waals surface area contributed by atoms with Crippen molar-refractivity contribution < 1.29 is 9.26 Å². The van der Waals surface area contributed by atoms with Crippen LogP contribution in [0.4, 0.5) is 0 Å². The highest BCUT2D eigenvalue weighted by molar-refractivity contribution is 7.98. The van der Waals surface area contributed by atoms with Gasteiger partial charge in [0.05, 0.1) is 6.54 Å². The molecule has 0 amide bonds. The summed E-state index contributed by atoms with van der Waals surface area (Å²) in [5.74, 6) is 2.21. The van der Waals surface area contributed by atoms with Crippen LogP contribution in [-0.4, -0.2) is 34.8 Å². The Hall–Kier alpha value is -2.86. The summed E-state index contributed by atoms with van der Waals surface area (Å²) in [7, 11) is 0. The number of aliphatic imine (C=N–C) groups is 1. The summed E-state index contributed by atoms with van der Waals surface area (Å²) in [6.45, 7) is 15.1. The molecule has 0 aliphatic carbocycles. The van der Waals surface area contributed by atoms with E-state index >= 15 is 0 Å². The molecule has 0 bridgehead atoms. The molecule has 5 nitrogen and oxygen atoms in total. The van der Waals surface area contributed by atoms with Gasteiger partial charge in [-0.3, -0.25) is 4.99 Å². The van der Waals surface area contributed by atoms with Crippen LogP contribution in [0, 0.1) is 6.92 Å². The number of nitrogens with zero attached hydrogens (tertiary/aromatic N) is 3. The molecule has 2 aromatic carbocycles. The van der Waals surface area contributed by atoms with Gasteiger partial charge in [0.2, 0.25) is 11.7 Å². The quantitative estimate of drug-likeness (QED) is 0.182. The molecule has 0 fully saturated rings. The largest absolute Gasteiger partial charge is 0.486 e. The maximum atomic E-state index is 6.22. The summed E-state index contributed by atoms with van der Waals surface area (Å²) in [6.07, 6.45) is 2.80. The van der Waals surface area contributed by atoms with Gasteiger partial charge in [-0.25, -0.2) is 0 Å². The lowest BCUT2D eigenvalue weighted by Gasteiger charge is -2.19. The summed E-state index contributed by atoms with van der Waals surface area (Å²) < 4.78 is 11.5. The molecule has 33 heavy (non-hydrogen) atoms. The summed E-state index contributed by atoms with van der Waals surface area (Å²) in [6, 6.07) is 14.2. The zero-order valence-electron chi connectivity index (χ0n) is 20.4. The zero-order chi connectivity index (χ0) is 24.0. The van der Waals surface area contributed by atoms with E-state index in [4.69, 9.17) is 14.3 Å². The minimum Gasteiger partial charge on any atom is -0.486 e. The fourth-order valence-electron chi connectivity index (χ4n) is 3.47. The molecule has 6 heteroatoms. The predicted molar refractivity (Wildman–Crippen MR) is 138 cm³/mol. The first-order valence-corrected chi connectivity index (χ1v) is 12.5. The van der Waals surface area contributed by atoms with Gasteiger partial charge < -0.3 is 9.26 Å². The third-order valence-electron chi connectivity index (χ3n) is 5.50. The van der Waals surface area contributed by atoms with Crippen molar-refractivity contribution in [2.45, 2.75) is 58.0 Å². The fraction of sp³-hybridized carbons (Fsp3) is 0.370. The van der Waals surface area contributed by atoms with Crippen molar-refractivity contribution in [3.63, 3.8) is 0 Å². The van der Waals surface area contributed by atoms with E-state index in [-0.39, 0.29) is 12.0 Å². The van der Waals surface area contributed by atoms with E-state index in [0.29, 0.717) is 18.3 Å². The van der Waals surface area contributed by atoms with Gasteiger partial charge in [0.25, 0.3) is 0 Å². The lowest BCUT2D eigenvalue weighted by atomic mass is 10.0. The van der Waals surface area contributed by atoms with Gasteiger partial charge in [-0.2, -0.15) is 4.98 Å². The van der Waals surface area contributed by atoms with Crippen LogP contribution in [0.5, 0.6) is 5.75 Å². The molecule has 0 aliphatic heterocycles. The lowest BCUT2D eigenvalue weighted by molar-refractivity contribution is 0.232. The van der Waals surface area contributed by atoms with E-state index in [1.165, 1.54) is 16.0 Å². The highest BCUT2D eigenvalue weighted by Gasteiger charge is 2.15. The Bertz CT molecular complexity index is 1120. The van der Waals surface area contributed by atoms with Gasteiger partial charge in [0, 0.05) is 22.1 Å². The van der Waals surface area contributed by atoms with E-state index < -0.39 is 0 Å². The second-order valence-electron chi connectivity index (χ2n) is 8.39. The summed E-state index contributed by atoms with van der Waals surface area (Å²) in [4.78, 5) is 10.5. The third-order valence-corrected chi connectivity index (χ3v) is 6.22. The maximum absolute atomic E-state index is 6.22. The van der Waals surface area contributed by atoms with Crippen molar-refractivity contribution in [1.29, 1.82) is 0 Å². The van der Waals surface area contributed by atoms with Gasteiger partial charge >= 0.3 is 0 Å². The molecule has 0 N–H and O–H groups in total. The van der Waals surface area contributed by atoms with Crippen molar-refractivity contribution >= 4 is 17.5 Å². The normalized spacial score (nSPS) is 12.8. The number of ether oxygens (including phenoxy) is 1. The Morgan fingerprint density at radius 3 is 2.48 bits per heavy atom. The third kappa shape index (κ3) is 6.35. The van der Waals surface area contributed by atoms with Crippen molar-refractivity contribution in [3.05, 3.63) is 71.6 Å². The van der Waals surface area contributed by atoms with Gasteiger partial charge in [-0.05, 0) is 79.6 Å². The Morgan fingerprint density at radius 2 is 1.91 bits per heavy atom. The van der Waals surface area contributed by atoms with Crippen molar-refractivity contribution in [1.82, 2.24) is 10.1 Å². The molecule has 0 saturated carbocycles. The topological polar surface area (TPSA) is 60.5 Å². The maximum Gasteiger partial charge on any atom is 0.229 e. The van der Waals surface area contributed by atoms with Crippen molar-refractivity contribution in [2.75, 3.05) is 12.8 Å². The minimum absolute atomic E-state index is 0.106. The van der Waals surface area contributed by atoms with Crippen molar-refractivity contribution in [2.24, 2.45) is 4.99 Å². The summed E-state index contributed by atoms with van der Waals surface area (Å²) in [5, 5.41) is 4.07. The molecule has 1 heterocycles. The molecule has 0 aliphatic rings. The minimum atomic E-state index is -0.106.